The van der Waals surface area contributed by atoms with E-state index in [-0.39, 0.29) is 0 Å². The molecule has 0 unspecified atom stereocenters. The Bertz CT molecular complexity index is 829. The second kappa shape index (κ2) is 8.62. The Morgan fingerprint density at radius 2 is 1.86 bits per heavy atom. The third kappa shape index (κ3) is 4.23. The highest BCUT2D eigenvalue weighted by molar-refractivity contribution is 6.31. The van der Waals surface area contributed by atoms with Gasteiger partial charge in [0.05, 0.1) is 5.52 Å². The fraction of sp³-hybridized carbons (Fsp3) is 0.571. The summed E-state index contributed by atoms with van der Waals surface area (Å²) in [5.41, 5.74) is 0.876. The molecular weight excluding hydrogens is 374 g/mol. The molecular formula is C21H28ClN5O. The minimum Gasteiger partial charge on any atom is -0.356 e. The first-order valence-corrected chi connectivity index (χ1v) is 10.7. The van der Waals surface area contributed by atoms with Gasteiger partial charge in [0.2, 0.25) is 5.91 Å². The van der Waals surface area contributed by atoms with Crippen molar-refractivity contribution in [2.75, 3.05) is 50.7 Å². The third-order valence-electron chi connectivity index (χ3n) is 6.13. The van der Waals surface area contributed by atoms with Crippen LogP contribution in [0.1, 0.15) is 26.2 Å². The van der Waals surface area contributed by atoms with Crippen molar-refractivity contribution in [3.63, 3.8) is 0 Å². The summed E-state index contributed by atoms with van der Waals surface area (Å²) in [5, 5.41) is 1.73. The van der Waals surface area contributed by atoms with E-state index in [1.807, 2.05) is 18.2 Å². The van der Waals surface area contributed by atoms with Crippen molar-refractivity contribution in [2.45, 2.75) is 26.2 Å². The third-order valence-corrected chi connectivity index (χ3v) is 6.36. The van der Waals surface area contributed by atoms with Crippen LogP contribution in [-0.4, -0.2) is 71.5 Å². The van der Waals surface area contributed by atoms with E-state index in [1.165, 1.54) is 0 Å². The molecule has 6 nitrogen and oxygen atoms in total. The Morgan fingerprint density at radius 3 is 2.57 bits per heavy atom. The van der Waals surface area contributed by atoms with Crippen LogP contribution in [0.25, 0.3) is 10.9 Å². The summed E-state index contributed by atoms with van der Waals surface area (Å²) in [7, 11) is 0. The Labute approximate surface area is 171 Å². The molecule has 0 bridgehead atoms. The predicted octanol–water partition coefficient (Wildman–Crippen LogP) is 3.05. The molecule has 2 aliphatic heterocycles. The quantitative estimate of drug-likeness (QED) is 0.788. The van der Waals surface area contributed by atoms with Gasteiger partial charge < -0.3 is 14.7 Å². The average molecular weight is 402 g/mol. The van der Waals surface area contributed by atoms with Crippen molar-refractivity contribution >= 4 is 34.2 Å². The Morgan fingerprint density at radius 1 is 1.11 bits per heavy atom. The molecule has 0 radical (unpaired) electrons. The minimum absolute atomic E-state index is 0.330. The lowest BCUT2D eigenvalue weighted by Crippen LogP contribution is -2.49. The molecule has 28 heavy (non-hydrogen) atoms. The first-order chi connectivity index (χ1) is 13.6. The van der Waals surface area contributed by atoms with Crippen molar-refractivity contribution in [3.05, 3.63) is 29.5 Å². The van der Waals surface area contributed by atoms with Gasteiger partial charge in [-0.1, -0.05) is 18.5 Å². The second-order valence-electron chi connectivity index (χ2n) is 7.81. The molecule has 0 N–H and O–H groups in total. The summed E-state index contributed by atoms with van der Waals surface area (Å²) < 4.78 is 0. The average Bonchev–Trinajstić information content (AvgIpc) is 2.73. The molecule has 0 atom stereocenters. The lowest BCUT2D eigenvalue weighted by Gasteiger charge is -2.36. The van der Waals surface area contributed by atoms with E-state index < -0.39 is 0 Å². The molecule has 1 aromatic carbocycles. The maximum Gasteiger partial charge on any atom is 0.222 e. The van der Waals surface area contributed by atoms with Gasteiger partial charge in [0, 0.05) is 56.1 Å². The van der Waals surface area contributed by atoms with E-state index in [2.05, 4.69) is 31.6 Å². The minimum atomic E-state index is 0.330. The molecule has 150 valence electrons. The fourth-order valence-electron chi connectivity index (χ4n) is 4.31. The summed E-state index contributed by atoms with van der Waals surface area (Å²) in [6.45, 7) is 8.87. The number of amides is 1. The van der Waals surface area contributed by atoms with Gasteiger partial charge in [-0.05, 0) is 43.5 Å². The Balaban J connectivity index is 1.33. The zero-order valence-corrected chi connectivity index (χ0v) is 17.2. The largest absolute Gasteiger partial charge is 0.356 e. The smallest absolute Gasteiger partial charge is 0.222 e. The molecule has 4 rings (SSSR count). The van der Waals surface area contributed by atoms with Crippen LogP contribution in [0.4, 0.5) is 5.82 Å². The molecule has 2 aliphatic rings. The van der Waals surface area contributed by atoms with E-state index >= 15 is 0 Å². The van der Waals surface area contributed by atoms with Crippen LogP contribution in [0.3, 0.4) is 0 Å². The van der Waals surface area contributed by atoms with Gasteiger partial charge in [0.1, 0.15) is 12.1 Å². The topological polar surface area (TPSA) is 52.6 Å². The number of likely N-dealkylation sites (N-methyl/N-ethyl adjacent to an activating group) is 1. The van der Waals surface area contributed by atoms with Gasteiger partial charge in [0.25, 0.3) is 0 Å². The van der Waals surface area contributed by atoms with Crippen molar-refractivity contribution in [1.82, 2.24) is 19.8 Å². The van der Waals surface area contributed by atoms with E-state index in [0.29, 0.717) is 23.3 Å². The van der Waals surface area contributed by atoms with Crippen LogP contribution in [0.5, 0.6) is 0 Å². The normalized spacial score (nSPS) is 19.4. The lowest BCUT2D eigenvalue weighted by molar-refractivity contribution is -0.134. The summed E-state index contributed by atoms with van der Waals surface area (Å²) in [6.07, 6.45) is 4.35. The molecule has 3 heterocycles. The summed E-state index contributed by atoms with van der Waals surface area (Å²) in [5.74, 6) is 1.77. The first kappa shape index (κ1) is 19.4. The van der Waals surface area contributed by atoms with E-state index in [0.717, 1.165) is 75.4 Å². The standard InChI is InChI=1S/C21H28ClN5O/c1-2-25-9-11-26(12-10-25)20(28)13-16-5-7-27(8-6-16)21-18-4-3-17(22)14-19(18)23-15-24-21/h3-4,14-16H,2,5-13H2,1H3. The number of hydrogen-bond acceptors (Lipinski definition) is 5. The second-order valence-corrected chi connectivity index (χ2v) is 8.24. The van der Waals surface area contributed by atoms with Gasteiger partial charge in [-0.3, -0.25) is 4.79 Å². The molecule has 1 amide bonds. The molecule has 2 fully saturated rings. The van der Waals surface area contributed by atoms with Gasteiger partial charge in [-0.15, -0.1) is 0 Å². The van der Waals surface area contributed by atoms with E-state index in [9.17, 15) is 4.79 Å². The highest BCUT2D eigenvalue weighted by Crippen LogP contribution is 2.30. The number of nitrogens with zero attached hydrogens (tertiary/aromatic N) is 5. The summed E-state index contributed by atoms with van der Waals surface area (Å²) in [4.78, 5) is 28.3. The first-order valence-electron chi connectivity index (χ1n) is 10.3. The molecule has 0 saturated carbocycles. The maximum atomic E-state index is 12.7. The molecule has 0 aliphatic carbocycles. The Kier molecular flexibility index (Phi) is 5.97. The molecule has 2 aromatic rings. The van der Waals surface area contributed by atoms with E-state index in [4.69, 9.17) is 11.6 Å². The molecule has 2 saturated heterocycles. The maximum absolute atomic E-state index is 12.7. The fourth-order valence-corrected chi connectivity index (χ4v) is 4.47. The van der Waals surface area contributed by atoms with Crippen LogP contribution in [-0.2, 0) is 4.79 Å². The molecule has 7 heteroatoms. The SMILES string of the molecule is CCN1CCN(C(=O)CC2CCN(c3ncnc4cc(Cl)ccc34)CC2)CC1. The van der Waals surface area contributed by atoms with Gasteiger partial charge in [0.15, 0.2) is 0 Å². The van der Waals surface area contributed by atoms with E-state index in [1.54, 1.807) is 6.33 Å². The zero-order valence-electron chi connectivity index (χ0n) is 16.5. The number of hydrogen-bond donors (Lipinski definition) is 0. The number of carbonyl (C=O) groups is 1. The number of fused-ring (bicyclic) bond motifs is 1. The van der Waals surface area contributed by atoms with Gasteiger partial charge in [-0.25, -0.2) is 9.97 Å². The number of carbonyl (C=O) groups excluding carboxylic acids is 1. The predicted molar refractivity (Wildman–Crippen MR) is 113 cm³/mol. The van der Waals surface area contributed by atoms with Crippen LogP contribution < -0.4 is 4.90 Å². The van der Waals surface area contributed by atoms with Gasteiger partial charge in [-0.2, -0.15) is 0 Å². The van der Waals surface area contributed by atoms with Crippen LogP contribution in [0.15, 0.2) is 24.5 Å². The number of piperidine rings is 1. The zero-order chi connectivity index (χ0) is 19.5. The number of halogens is 1. The van der Waals surface area contributed by atoms with Crippen LogP contribution in [0, 0.1) is 5.92 Å². The monoisotopic (exact) mass is 401 g/mol. The van der Waals surface area contributed by atoms with Crippen LogP contribution >= 0.6 is 11.6 Å². The summed E-state index contributed by atoms with van der Waals surface area (Å²) >= 11 is 6.09. The number of benzene rings is 1. The molecule has 0 spiro atoms. The number of aromatic nitrogens is 2. The van der Waals surface area contributed by atoms with Crippen molar-refractivity contribution in [1.29, 1.82) is 0 Å². The molecule has 1 aromatic heterocycles. The lowest BCUT2D eigenvalue weighted by atomic mass is 9.92. The van der Waals surface area contributed by atoms with Crippen LogP contribution in [0.2, 0.25) is 5.02 Å². The number of piperazine rings is 1. The highest BCUT2D eigenvalue weighted by Gasteiger charge is 2.26. The number of anilines is 1. The van der Waals surface area contributed by atoms with Crippen molar-refractivity contribution in [3.8, 4) is 0 Å². The van der Waals surface area contributed by atoms with Crippen molar-refractivity contribution < 1.29 is 4.79 Å². The summed E-state index contributed by atoms with van der Waals surface area (Å²) in [6, 6.07) is 5.77. The number of rotatable bonds is 4. The van der Waals surface area contributed by atoms with Crippen molar-refractivity contribution in [2.24, 2.45) is 5.92 Å². The van der Waals surface area contributed by atoms with Gasteiger partial charge >= 0.3 is 0 Å². The highest BCUT2D eigenvalue weighted by atomic mass is 35.5. The Hall–Kier alpha value is -1.92.